The first-order valence-electron chi connectivity index (χ1n) is 6.57. The van der Waals surface area contributed by atoms with Gasteiger partial charge in [0.05, 0.1) is 0 Å². The van der Waals surface area contributed by atoms with Gasteiger partial charge in [0.15, 0.2) is 0 Å². The molecule has 2 aromatic rings. The summed E-state index contributed by atoms with van der Waals surface area (Å²) in [6, 6.07) is 13.6. The van der Waals surface area contributed by atoms with Gasteiger partial charge in [-0.3, -0.25) is 0 Å². The number of hydrogen-bond acceptors (Lipinski definition) is 2. The van der Waals surface area contributed by atoms with E-state index in [1.54, 1.807) is 49.4 Å². The molecule has 0 bridgehead atoms. The average molecular weight is 356 g/mol. The molecule has 1 atom stereocenters. The van der Waals surface area contributed by atoms with Gasteiger partial charge in [-0.15, -0.1) is 0 Å². The molecule has 1 unspecified atom stereocenters. The summed E-state index contributed by atoms with van der Waals surface area (Å²) in [7, 11) is -3.56. The molecule has 0 aliphatic carbocycles. The molecule has 1 N–H and O–H groups in total. The van der Waals surface area contributed by atoms with Crippen molar-refractivity contribution in [1.29, 1.82) is 0 Å². The number of hydrogen-bond donors (Lipinski definition) is 1. The lowest BCUT2D eigenvalue weighted by Gasteiger charge is -2.13. The van der Waals surface area contributed by atoms with Crippen LogP contribution in [0.15, 0.2) is 53.9 Å². The molecule has 3 nitrogen and oxygen atoms in total. The van der Waals surface area contributed by atoms with Gasteiger partial charge in [-0.2, -0.15) is 0 Å². The minimum Gasteiger partial charge on any atom is -0.208 e. The normalized spacial score (nSPS) is 13.4. The van der Waals surface area contributed by atoms with Crippen molar-refractivity contribution in [2.75, 3.05) is 0 Å². The van der Waals surface area contributed by atoms with Crippen molar-refractivity contribution < 1.29 is 8.42 Å². The van der Waals surface area contributed by atoms with Gasteiger partial charge in [-0.05, 0) is 48.4 Å². The Morgan fingerprint density at radius 1 is 1.05 bits per heavy atom. The highest BCUT2D eigenvalue weighted by Crippen LogP contribution is 2.18. The van der Waals surface area contributed by atoms with Gasteiger partial charge >= 0.3 is 0 Å². The first kappa shape index (κ1) is 17.0. The fourth-order valence-electron chi connectivity index (χ4n) is 1.87. The van der Waals surface area contributed by atoms with Crippen molar-refractivity contribution in [3.05, 3.63) is 75.1 Å². The summed E-state index contributed by atoms with van der Waals surface area (Å²) in [4.78, 5) is 0. The minimum absolute atomic E-state index is 0.376. The molecule has 0 amide bonds. The second-order valence-electron chi connectivity index (χ2n) is 4.79. The van der Waals surface area contributed by atoms with Crippen LogP contribution in [0.3, 0.4) is 0 Å². The number of halogens is 2. The first-order valence-corrected chi connectivity index (χ1v) is 8.87. The Labute approximate surface area is 140 Å². The predicted molar refractivity (Wildman–Crippen MR) is 92.4 cm³/mol. The van der Waals surface area contributed by atoms with E-state index in [-0.39, 0.29) is 6.04 Å². The summed E-state index contributed by atoms with van der Waals surface area (Å²) in [5.41, 5.74) is 1.56. The molecule has 6 heteroatoms. The SMILES string of the molecule is CC(NS(=O)(=O)/C=C/c1ccc(Cl)cc1)c1cccc(Cl)c1. The fraction of sp³-hybridized carbons (Fsp3) is 0.125. The zero-order valence-electron chi connectivity index (χ0n) is 11.8. The summed E-state index contributed by atoms with van der Waals surface area (Å²) >= 11 is 11.7. The molecule has 0 saturated carbocycles. The quantitative estimate of drug-likeness (QED) is 0.848. The van der Waals surface area contributed by atoms with E-state index >= 15 is 0 Å². The number of benzene rings is 2. The summed E-state index contributed by atoms with van der Waals surface area (Å²) < 4.78 is 26.7. The van der Waals surface area contributed by atoms with Crippen LogP contribution in [0.4, 0.5) is 0 Å². The van der Waals surface area contributed by atoms with E-state index in [0.717, 1.165) is 16.5 Å². The van der Waals surface area contributed by atoms with Gasteiger partial charge in [-0.1, -0.05) is 47.5 Å². The zero-order chi connectivity index (χ0) is 16.2. The van der Waals surface area contributed by atoms with Gasteiger partial charge < -0.3 is 0 Å². The Morgan fingerprint density at radius 3 is 2.36 bits per heavy atom. The van der Waals surface area contributed by atoms with Crippen molar-refractivity contribution in [2.24, 2.45) is 0 Å². The Balaban J connectivity index is 2.09. The van der Waals surface area contributed by atoms with Gasteiger partial charge in [0.1, 0.15) is 0 Å². The molecule has 0 spiro atoms. The molecule has 0 radical (unpaired) electrons. The number of rotatable bonds is 5. The molecule has 2 aromatic carbocycles. The number of nitrogens with one attached hydrogen (secondary N) is 1. The Morgan fingerprint density at radius 2 is 1.73 bits per heavy atom. The van der Waals surface area contributed by atoms with E-state index in [2.05, 4.69) is 4.72 Å². The molecule has 22 heavy (non-hydrogen) atoms. The molecule has 116 valence electrons. The van der Waals surface area contributed by atoms with Crippen LogP contribution in [0.2, 0.25) is 10.0 Å². The molecular formula is C16H15Cl2NO2S. The van der Waals surface area contributed by atoms with Crippen LogP contribution in [0.25, 0.3) is 6.08 Å². The van der Waals surface area contributed by atoms with E-state index < -0.39 is 10.0 Å². The topological polar surface area (TPSA) is 46.2 Å². The lowest BCUT2D eigenvalue weighted by Crippen LogP contribution is -2.24. The highest BCUT2D eigenvalue weighted by molar-refractivity contribution is 7.92. The summed E-state index contributed by atoms with van der Waals surface area (Å²) in [5.74, 6) is 0. The third kappa shape index (κ3) is 5.14. The third-order valence-electron chi connectivity index (χ3n) is 3.00. The number of sulfonamides is 1. The molecule has 0 fully saturated rings. The van der Waals surface area contributed by atoms with E-state index in [1.165, 1.54) is 6.08 Å². The summed E-state index contributed by atoms with van der Waals surface area (Å²) in [6.45, 7) is 1.76. The largest absolute Gasteiger partial charge is 0.234 e. The van der Waals surface area contributed by atoms with E-state index in [4.69, 9.17) is 23.2 Å². The van der Waals surface area contributed by atoms with Gasteiger partial charge in [0, 0.05) is 21.5 Å². The maximum atomic E-state index is 12.1. The second-order valence-corrected chi connectivity index (χ2v) is 7.26. The first-order chi connectivity index (χ1) is 10.4. The molecule has 0 aliphatic heterocycles. The summed E-state index contributed by atoms with van der Waals surface area (Å²) in [6.07, 6.45) is 1.52. The zero-order valence-corrected chi connectivity index (χ0v) is 14.2. The Kier molecular flexibility index (Phi) is 5.64. The Hall–Kier alpha value is -1.33. The van der Waals surface area contributed by atoms with Crippen molar-refractivity contribution in [3.63, 3.8) is 0 Å². The predicted octanol–water partition coefficient (Wildman–Crippen LogP) is 4.64. The minimum atomic E-state index is -3.56. The van der Waals surface area contributed by atoms with Crippen LogP contribution < -0.4 is 4.72 Å². The maximum Gasteiger partial charge on any atom is 0.234 e. The molecule has 2 rings (SSSR count). The van der Waals surface area contributed by atoms with Gasteiger partial charge in [0.25, 0.3) is 0 Å². The van der Waals surface area contributed by atoms with Crippen LogP contribution >= 0.6 is 23.2 Å². The van der Waals surface area contributed by atoms with E-state index in [1.807, 2.05) is 6.07 Å². The molecule has 0 saturated heterocycles. The van der Waals surface area contributed by atoms with Crippen LogP contribution in [0, 0.1) is 0 Å². The fourth-order valence-corrected chi connectivity index (χ4v) is 3.24. The molecular weight excluding hydrogens is 341 g/mol. The average Bonchev–Trinajstić information content (AvgIpc) is 2.46. The van der Waals surface area contributed by atoms with Crippen LogP contribution in [0.5, 0.6) is 0 Å². The highest BCUT2D eigenvalue weighted by Gasteiger charge is 2.13. The van der Waals surface area contributed by atoms with Crippen molar-refractivity contribution in [1.82, 2.24) is 4.72 Å². The maximum absolute atomic E-state index is 12.1. The van der Waals surface area contributed by atoms with E-state index in [9.17, 15) is 8.42 Å². The van der Waals surface area contributed by atoms with E-state index in [0.29, 0.717) is 10.0 Å². The molecule has 0 aromatic heterocycles. The standard InChI is InChI=1S/C16H15Cl2NO2S/c1-12(14-3-2-4-16(18)11-14)19-22(20,21)10-9-13-5-7-15(17)8-6-13/h2-12,19H,1H3/b10-9+. The molecule has 0 aliphatic rings. The van der Waals surface area contributed by atoms with Crippen LogP contribution in [0.1, 0.15) is 24.1 Å². The second kappa shape index (κ2) is 7.29. The van der Waals surface area contributed by atoms with Crippen molar-refractivity contribution in [3.8, 4) is 0 Å². The lowest BCUT2D eigenvalue weighted by molar-refractivity contribution is 0.576. The molecule has 0 heterocycles. The smallest absolute Gasteiger partial charge is 0.208 e. The van der Waals surface area contributed by atoms with Gasteiger partial charge in [0.2, 0.25) is 10.0 Å². The van der Waals surface area contributed by atoms with Crippen LogP contribution in [-0.4, -0.2) is 8.42 Å². The van der Waals surface area contributed by atoms with Gasteiger partial charge in [-0.25, -0.2) is 13.1 Å². The van der Waals surface area contributed by atoms with Crippen molar-refractivity contribution >= 4 is 39.3 Å². The summed E-state index contributed by atoms with van der Waals surface area (Å²) in [5, 5.41) is 2.31. The highest BCUT2D eigenvalue weighted by atomic mass is 35.5. The van der Waals surface area contributed by atoms with Crippen LogP contribution in [-0.2, 0) is 10.0 Å². The third-order valence-corrected chi connectivity index (χ3v) is 4.66. The lowest BCUT2D eigenvalue weighted by atomic mass is 10.1. The Bertz CT molecular complexity index is 771. The van der Waals surface area contributed by atoms with Crippen molar-refractivity contribution in [2.45, 2.75) is 13.0 Å². The monoisotopic (exact) mass is 355 g/mol.